The third-order valence-corrected chi connectivity index (χ3v) is 5.67. The summed E-state index contributed by atoms with van der Waals surface area (Å²) in [6, 6.07) is 13.9. The molecule has 2 heterocycles. The molecule has 3 aromatic rings. The Labute approximate surface area is 202 Å². The zero-order chi connectivity index (χ0) is 23.9. The van der Waals surface area contributed by atoms with Crippen molar-refractivity contribution in [3.05, 3.63) is 64.9 Å². The van der Waals surface area contributed by atoms with Gasteiger partial charge in [0, 0.05) is 49.3 Å². The highest BCUT2D eigenvalue weighted by Crippen LogP contribution is 2.19. The third kappa shape index (κ3) is 6.12. The number of morpholine rings is 1. The normalized spacial score (nSPS) is 13.5. The summed E-state index contributed by atoms with van der Waals surface area (Å²) in [5, 5.41) is 4.60. The number of benzene rings is 2. The fraction of sp³-hybridized carbons (Fsp3) is 0.333. The number of halogens is 1. The Hall–Kier alpha value is -3.43. The van der Waals surface area contributed by atoms with Crippen molar-refractivity contribution in [3.8, 4) is 17.2 Å². The van der Waals surface area contributed by atoms with Gasteiger partial charge in [0.05, 0.1) is 13.2 Å². The van der Waals surface area contributed by atoms with E-state index in [1.165, 1.54) is 0 Å². The summed E-state index contributed by atoms with van der Waals surface area (Å²) in [5.74, 6) is 1.24. The molecule has 0 atom stereocenters. The molecule has 0 bridgehead atoms. The van der Waals surface area contributed by atoms with E-state index >= 15 is 0 Å². The Morgan fingerprint density at radius 3 is 2.50 bits per heavy atom. The van der Waals surface area contributed by atoms with Crippen LogP contribution in [-0.4, -0.2) is 78.3 Å². The van der Waals surface area contributed by atoms with Crippen LogP contribution in [0.2, 0.25) is 5.02 Å². The molecule has 1 saturated heterocycles. The highest BCUT2D eigenvalue weighted by atomic mass is 35.5. The molecule has 34 heavy (non-hydrogen) atoms. The van der Waals surface area contributed by atoms with Crippen molar-refractivity contribution in [1.82, 2.24) is 19.9 Å². The first kappa shape index (κ1) is 23.7. The van der Waals surface area contributed by atoms with E-state index in [1.807, 2.05) is 0 Å². The molecule has 2 amide bonds. The predicted octanol–water partition coefficient (Wildman–Crippen LogP) is 2.94. The molecule has 4 rings (SSSR count). The SMILES string of the molecule is CN(CCc1noc(-c2ccc(C(=O)N3CCOCC3)cc2)n1)C(=O)COc1ccc(Cl)cc1. The Morgan fingerprint density at radius 1 is 1.09 bits per heavy atom. The molecule has 1 aliphatic heterocycles. The number of hydrogen-bond donors (Lipinski definition) is 0. The van der Waals surface area contributed by atoms with Gasteiger partial charge in [-0.15, -0.1) is 0 Å². The molecule has 1 fully saturated rings. The molecule has 10 heteroatoms. The van der Waals surface area contributed by atoms with Crippen molar-refractivity contribution < 1.29 is 23.6 Å². The minimum absolute atomic E-state index is 0.0196. The van der Waals surface area contributed by atoms with Crippen LogP contribution in [-0.2, 0) is 16.0 Å². The Balaban J connectivity index is 1.27. The summed E-state index contributed by atoms with van der Waals surface area (Å²) >= 11 is 5.84. The van der Waals surface area contributed by atoms with Gasteiger partial charge in [0.1, 0.15) is 5.75 Å². The molecule has 0 N–H and O–H groups in total. The zero-order valence-electron chi connectivity index (χ0n) is 18.8. The summed E-state index contributed by atoms with van der Waals surface area (Å²) in [4.78, 5) is 32.6. The van der Waals surface area contributed by atoms with E-state index in [-0.39, 0.29) is 18.4 Å². The van der Waals surface area contributed by atoms with Gasteiger partial charge < -0.3 is 23.8 Å². The van der Waals surface area contributed by atoms with Crippen molar-refractivity contribution in [3.63, 3.8) is 0 Å². The van der Waals surface area contributed by atoms with E-state index in [4.69, 9.17) is 25.6 Å². The smallest absolute Gasteiger partial charge is 0.260 e. The molecule has 0 radical (unpaired) electrons. The molecular weight excluding hydrogens is 460 g/mol. The quantitative estimate of drug-likeness (QED) is 0.484. The molecule has 2 aromatic carbocycles. The fourth-order valence-corrected chi connectivity index (χ4v) is 3.48. The van der Waals surface area contributed by atoms with Gasteiger partial charge >= 0.3 is 0 Å². The van der Waals surface area contributed by atoms with Crippen LogP contribution < -0.4 is 4.74 Å². The number of nitrogens with zero attached hydrogens (tertiary/aromatic N) is 4. The maximum Gasteiger partial charge on any atom is 0.260 e. The number of likely N-dealkylation sites (N-methyl/N-ethyl adjacent to an activating group) is 1. The predicted molar refractivity (Wildman–Crippen MR) is 125 cm³/mol. The maximum absolute atomic E-state index is 12.6. The van der Waals surface area contributed by atoms with E-state index in [2.05, 4.69) is 10.1 Å². The van der Waals surface area contributed by atoms with Gasteiger partial charge in [-0.1, -0.05) is 16.8 Å². The van der Waals surface area contributed by atoms with Crippen molar-refractivity contribution in [2.45, 2.75) is 6.42 Å². The Bertz CT molecular complexity index is 1110. The number of hydrogen-bond acceptors (Lipinski definition) is 7. The lowest BCUT2D eigenvalue weighted by molar-refractivity contribution is -0.132. The molecule has 1 aromatic heterocycles. The molecule has 0 aliphatic carbocycles. The minimum Gasteiger partial charge on any atom is -0.484 e. The van der Waals surface area contributed by atoms with E-state index in [0.717, 1.165) is 5.56 Å². The summed E-state index contributed by atoms with van der Waals surface area (Å²) in [6.45, 7) is 2.64. The maximum atomic E-state index is 12.6. The summed E-state index contributed by atoms with van der Waals surface area (Å²) in [6.07, 6.45) is 0.431. The van der Waals surface area contributed by atoms with E-state index in [0.29, 0.717) is 67.3 Å². The molecule has 0 saturated carbocycles. The second-order valence-corrected chi connectivity index (χ2v) is 8.24. The van der Waals surface area contributed by atoms with E-state index in [9.17, 15) is 9.59 Å². The molecule has 1 aliphatic rings. The van der Waals surface area contributed by atoms with Crippen LogP contribution in [0.4, 0.5) is 0 Å². The van der Waals surface area contributed by atoms with Crippen LogP contribution in [0.5, 0.6) is 5.75 Å². The van der Waals surface area contributed by atoms with Crippen molar-refractivity contribution in [2.24, 2.45) is 0 Å². The van der Waals surface area contributed by atoms with Crippen LogP contribution in [0.3, 0.4) is 0 Å². The topological polar surface area (TPSA) is 98.0 Å². The zero-order valence-corrected chi connectivity index (χ0v) is 19.5. The second kappa shape index (κ2) is 11.1. The molecule has 0 spiro atoms. The van der Waals surface area contributed by atoms with Gasteiger partial charge in [-0.2, -0.15) is 4.98 Å². The molecular formula is C24H25ClN4O5. The van der Waals surface area contributed by atoms with Gasteiger partial charge in [-0.05, 0) is 48.5 Å². The van der Waals surface area contributed by atoms with Crippen LogP contribution >= 0.6 is 11.6 Å². The first-order valence-corrected chi connectivity index (χ1v) is 11.3. The number of carbonyl (C=O) groups is 2. The van der Waals surface area contributed by atoms with Gasteiger partial charge in [-0.3, -0.25) is 9.59 Å². The largest absolute Gasteiger partial charge is 0.484 e. The average Bonchev–Trinajstić information content (AvgIpc) is 3.36. The highest BCUT2D eigenvalue weighted by Gasteiger charge is 2.19. The lowest BCUT2D eigenvalue weighted by Crippen LogP contribution is -2.40. The molecule has 9 nitrogen and oxygen atoms in total. The van der Waals surface area contributed by atoms with Gasteiger partial charge in [-0.25, -0.2) is 0 Å². The van der Waals surface area contributed by atoms with Crippen LogP contribution in [0.15, 0.2) is 53.1 Å². The highest BCUT2D eigenvalue weighted by molar-refractivity contribution is 6.30. The van der Waals surface area contributed by atoms with Crippen molar-refractivity contribution in [2.75, 3.05) is 46.5 Å². The number of carbonyl (C=O) groups excluding carboxylic acids is 2. The average molecular weight is 485 g/mol. The Morgan fingerprint density at radius 2 is 1.79 bits per heavy atom. The summed E-state index contributed by atoms with van der Waals surface area (Å²) < 4.78 is 16.1. The molecule has 0 unspecified atom stereocenters. The van der Waals surface area contributed by atoms with Crippen LogP contribution in [0.25, 0.3) is 11.5 Å². The number of ether oxygens (including phenoxy) is 2. The van der Waals surface area contributed by atoms with Crippen LogP contribution in [0.1, 0.15) is 16.2 Å². The van der Waals surface area contributed by atoms with Crippen molar-refractivity contribution >= 4 is 23.4 Å². The third-order valence-electron chi connectivity index (χ3n) is 5.42. The summed E-state index contributed by atoms with van der Waals surface area (Å²) in [7, 11) is 1.69. The fourth-order valence-electron chi connectivity index (χ4n) is 3.36. The standard InChI is InChI=1S/C24H25ClN4O5/c1-28(22(30)16-33-20-8-6-19(25)7-9-20)11-10-21-26-23(34-27-21)17-2-4-18(5-3-17)24(31)29-12-14-32-15-13-29/h2-9H,10-16H2,1H3. The van der Waals surface area contributed by atoms with Crippen LogP contribution in [0, 0.1) is 0 Å². The lowest BCUT2D eigenvalue weighted by atomic mass is 10.1. The van der Waals surface area contributed by atoms with Gasteiger partial charge in [0.2, 0.25) is 0 Å². The number of amides is 2. The monoisotopic (exact) mass is 484 g/mol. The minimum atomic E-state index is -0.167. The van der Waals surface area contributed by atoms with Crippen molar-refractivity contribution in [1.29, 1.82) is 0 Å². The van der Waals surface area contributed by atoms with E-state index in [1.54, 1.807) is 65.4 Å². The number of rotatable bonds is 8. The van der Waals surface area contributed by atoms with Gasteiger partial charge in [0.25, 0.3) is 17.7 Å². The molecule has 178 valence electrons. The number of aromatic nitrogens is 2. The first-order valence-electron chi connectivity index (χ1n) is 10.9. The van der Waals surface area contributed by atoms with Gasteiger partial charge in [0.15, 0.2) is 12.4 Å². The lowest BCUT2D eigenvalue weighted by Gasteiger charge is -2.26. The first-order chi connectivity index (χ1) is 16.5. The summed E-state index contributed by atoms with van der Waals surface area (Å²) in [5.41, 5.74) is 1.32. The Kier molecular flexibility index (Phi) is 7.76. The van der Waals surface area contributed by atoms with E-state index < -0.39 is 0 Å². The second-order valence-electron chi connectivity index (χ2n) is 7.81.